The van der Waals surface area contributed by atoms with Crippen LogP contribution in [-0.2, 0) is 13.6 Å². The van der Waals surface area contributed by atoms with Crippen LogP contribution in [-0.4, -0.2) is 29.9 Å². The minimum Gasteiger partial charge on any atom is -0.356 e. The predicted molar refractivity (Wildman–Crippen MR) is 75.9 cm³/mol. The van der Waals surface area contributed by atoms with Gasteiger partial charge in [0.25, 0.3) is 0 Å². The Morgan fingerprint density at radius 3 is 2.89 bits per heavy atom. The molecule has 1 aliphatic rings. The van der Waals surface area contributed by atoms with Crippen molar-refractivity contribution in [3.05, 3.63) is 11.3 Å². The Hall–Kier alpha value is -1.03. The second-order valence-electron chi connectivity index (χ2n) is 5.40. The molecule has 2 heterocycles. The van der Waals surface area contributed by atoms with Crippen LogP contribution in [0.3, 0.4) is 0 Å². The fourth-order valence-corrected chi connectivity index (χ4v) is 3.06. The summed E-state index contributed by atoms with van der Waals surface area (Å²) in [4.78, 5) is 2.53. The molecule has 0 radical (unpaired) electrons. The molecule has 4 heteroatoms. The van der Waals surface area contributed by atoms with Gasteiger partial charge in [-0.1, -0.05) is 13.3 Å². The van der Waals surface area contributed by atoms with Crippen molar-refractivity contribution in [2.45, 2.75) is 39.7 Å². The first-order valence-corrected chi connectivity index (χ1v) is 7.09. The van der Waals surface area contributed by atoms with Crippen LogP contribution >= 0.6 is 0 Å². The smallest absolute Gasteiger partial charge is 0.131 e. The zero-order valence-corrected chi connectivity index (χ0v) is 12.2. The second-order valence-corrected chi connectivity index (χ2v) is 5.40. The summed E-state index contributed by atoms with van der Waals surface area (Å²) in [5.41, 5.74) is 2.51. The predicted octanol–water partition coefficient (Wildman–Crippen LogP) is 2.07. The monoisotopic (exact) mass is 250 g/mol. The lowest BCUT2D eigenvalue weighted by Gasteiger charge is -2.34. The molecule has 0 aliphatic carbocycles. The summed E-state index contributed by atoms with van der Waals surface area (Å²) in [6.07, 6.45) is 3.97. The summed E-state index contributed by atoms with van der Waals surface area (Å²) >= 11 is 0. The first-order valence-electron chi connectivity index (χ1n) is 7.09. The Balaban J connectivity index is 2.25. The zero-order valence-electron chi connectivity index (χ0n) is 12.2. The van der Waals surface area contributed by atoms with Crippen molar-refractivity contribution < 1.29 is 0 Å². The van der Waals surface area contributed by atoms with Crippen molar-refractivity contribution in [1.29, 1.82) is 0 Å². The Morgan fingerprint density at radius 2 is 2.22 bits per heavy atom. The summed E-state index contributed by atoms with van der Waals surface area (Å²) in [5.74, 6) is 2.16. The molecule has 1 fully saturated rings. The second kappa shape index (κ2) is 5.74. The molecular weight excluding hydrogens is 224 g/mol. The van der Waals surface area contributed by atoms with Crippen LogP contribution in [0, 0.1) is 12.8 Å². The van der Waals surface area contributed by atoms with E-state index in [2.05, 4.69) is 40.9 Å². The maximum atomic E-state index is 4.59. The topological polar surface area (TPSA) is 33.1 Å². The summed E-state index contributed by atoms with van der Waals surface area (Å²) in [5, 5.41) is 7.85. The van der Waals surface area contributed by atoms with Crippen LogP contribution in [0.5, 0.6) is 0 Å². The number of hydrogen-bond acceptors (Lipinski definition) is 3. The van der Waals surface area contributed by atoms with Crippen molar-refractivity contribution in [3.8, 4) is 0 Å². The number of hydrogen-bond donors (Lipinski definition) is 1. The number of aryl methyl sites for hydroxylation is 2. The fourth-order valence-electron chi connectivity index (χ4n) is 3.06. The van der Waals surface area contributed by atoms with Crippen LogP contribution in [0.4, 0.5) is 5.82 Å². The molecule has 0 bridgehead atoms. The van der Waals surface area contributed by atoms with Gasteiger partial charge in [0.1, 0.15) is 5.82 Å². The maximum Gasteiger partial charge on any atom is 0.131 e. The van der Waals surface area contributed by atoms with Crippen molar-refractivity contribution in [1.82, 2.24) is 15.1 Å². The lowest BCUT2D eigenvalue weighted by molar-refractivity contribution is 0.399. The molecule has 0 spiro atoms. The van der Waals surface area contributed by atoms with Gasteiger partial charge in [0.15, 0.2) is 0 Å². The summed E-state index contributed by atoms with van der Waals surface area (Å²) in [7, 11) is 4.07. The number of anilines is 1. The zero-order chi connectivity index (χ0) is 13.1. The number of nitrogens with one attached hydrogen (secondary N) is 1. The molecule has 2 rings (SSSR count). The molecule has 1 atom stereocenters. The Labute approximate surface area is 110 Å². The first-order chi connectivity index (χ1) is 8.67. The van der Waals surface area contributed by atoms with E-state index in [1.807, 2.05) is 7.05 Å². The van der Waals surface area contributed by atoms with Crippen LogP contribution in [0.1, 0.15) is 37.4 Å². The molecule has 1 unspecified atom stereocenters. The number of aromatic nitrogens is 2. The average molecular weight is 250 g/mol. The lowest BCUT2D eigenvalue weighted by Crippen LogP contribution is -2.37. The van der Waals surface area contributed by atoms with Crippen molar-refractivity contribution >= 4 is 5.82 Å². The molecule has 1 aliphatic heterocycles. The fraction of sp³-hybridized carbons (Fsp3) is 0.786. The van der Waals surface area contributed by atoms with Crippen molar-refractivity contribution in [2.24, 2.45) is 13.0 Å². The quantitative estimate of drug-likeness (QED) is 0.888. The van der Waals surface area contributed by atoms with Crippen LogP contribution in [0.2, 0.25) is 0 Å². The molecule has 0 amide bonds. The Kier molecular flexibility index (Phi) is 4.27. The van der Waals surface area contributed by atoms with Crippen molar-refractivity contribution in [3.63, 3.8) is 0 Å². The van der Waals surface area contributed by atoms with Gasteiger partial charge in [0.05, 0.1) is 5.69 Å². The normalized spacial score (nSPS) is 20.4. The highest BCUT2D eigenvalue weighted by molar-refractivity contribution is 5.50. The van der Waals surface area contributed by atoms with E-state index in [9.17, 15) is 0 Å². The van der Waals surface area contributed by atoms with Gasteiger partial charge in [-0.05, 0) is 32.7 Å². The van der Waals surface area contributed by atoms with E-state index in [1.165, 1.54) is 43.7 Å². The minimum absolute atomic E-state index is 0.844. The highest BCUT2D eigenvalue weighted by Crippen LogP contribution is 2.28. The number of nitrogens with zero attached hydrogens (tertiary/aromatic N) is 3. The van der Waals surface area contributed by atoms with Crippen LogP contribution in [0.15, 0.2) is 0 Å². The van der Waals surface area contributed by atoms with Crippen LogP contribution in [0.25, 0.3) is 0 Å². The molecule has 0 aromatic carbocycles. The first kappa shape index (κ1) is 13.4. The highest BCUT2D eigenvalue weighted by Gasteiger charge is 2.24. The van der Waals surface area contributed by atoms with Gasteiger partial charge in [0.2, 0.25) is 0 Å². The van der Waals surface area contributed by atoms with Gasteiger partial charge >= 0.3 is 0 Å². The molecule has 1 saturated heterocycles. The molecule has 18 heavy (non-hydrogen) atoms. The van der Waals surface area contributed by atoms with E-state index in [0.29, 0.717) is 0 Å². The number of rotatable bonds is 4. The Bertz CT molecular complexity index is 397. The van der Waals surface area contributed by atoms with E-state index in [-0.39, 0.29) is 0 Å². The van der Waals surface area contributed by atoms with E-state index < -0.39 is 0 Å². The summed E-state index contributed by atoms with van der Waals surface area (Å²) in [6.45, 7) is 7.68. The molecule has 102 valence electrons. The van der Waals surface area contributed by atoms with Gasteiger partial charge in [-0.3, -0.25) is 4.68 Å². The highest BCUT2D eigenvalue weighted by atomic mass is 15.4. The Morgan fingerprint density at radius 1 is 1.44 bits per heavy atom. The third-order valence-electron chi connectivity index (χ3n) is 4.06. The minimum atomic E-state index is 0.844. The van der Waals surface area contributed by atoms with Gasteiger partial charge in [-0.25, -0.2) is 0 Å². The molecule has 0 saturated carbocycles. The SMILES string of the molecule is CCC1CCCN(c2c(CNC)c(C)nn2C)C1. The van der Waals surface area contributed by atoms with Gasteiger partial charge < -0.3 is 10.2 Å². The standard InChI is InChI=1S/C14H26N4/c1-5-12-7-6-8-18(10-12)14-13(9-15-3)11(2)16-17(14)4/h12,15H,5-10H2,1-4H3. The van der Waals surface area contributed by atoms with E-state index in [4.69, 9.17) is 0 Å². The molecule has 1 aromatic rings. The third kappa shape index (κ3) is 2.53. The van der Waals surface area contributed by atoms with Gasteiger partial charge in [0, 0.05) is 32.2 Å². The summed E-state index contributed by atoms with van der Waals surface area (Å²) in [6, 6.07) is 0. The molecule has 1 aromatic heterocycles. The average Bonchev–Trinajstić information content (AvgIpc) is 2.65. The van der Waals surface area contributed by atoms with Gasteiger partial charge in [-0.15, -0.1) is 0 Å². The third-order valence-corrected chi connectivity index (χ3v) is 4.06. The molecule has 4 nitrogen and oxygen atoms in total. The molecular formula is C14H26N4. The van der Waals surface area contributed by atoms with E-state index in [0.717, 1.165) is 18.2 Å². The summed E-state index contributed by atoms with van der Waals surface area (Å²) < 4.78 is 2.06. The van der Waals surface area contributed by atoms with Crippen LogP contribution < -0.4 is 10.2 Å². The van der Waals surface area contributed by atoms with Gasteiger partial charge in [-0.2, -0.15) is 5.10 Å². The van der Waals surface area contributed by atoms with Crippen molar-refractivity contribution in [2.75, 3.05) is 25.0 Å². The largest absolute Gasteiger partial charge is 0.356 e. The number of piperidine rings is 1. The van der Waals surface area contributed by atoms with E-state index >= 15 is 0 Å². The lowest BCUT2D eigenvalue weighted by atomic mass is 9.95. The van der Waals surface area contributed by atoms with E-state index in [1.54, 1.807) is 0 Å². The molecule has 1 N–H and O–H groups in total. The maximum absolute atomic E-state index is 4.59.